The molecule has 0 spiro atoms. The summed E-state index contributed by atoms with van der Waals surface area (Å²) in [6.45, 7) is 4.96. The molecule has 0 radical (unpaired) electrons. The highest BCUT2D eigenvalue weighted by atomic mass is 16.5. The van der Waals surface area contributed by atoms with Crippen molar-refractivity contribution in [3.8, 4) is 0 Å². The molecule has 0 aromatic carbocycles. The van der Waals surface area contributed by atoms with Gasteiger partial charge in [-0.2, -0.15) is 0 Å². The summed E-state index contributed by atoms with van der Waals surface area (Å²) in [7, 11) is 0. The molecule has 1 N–H and O–H groups in total. The third kappa shape index (κ3) is 0.553. The van der Waals surface area contributed by atoms with E-state index >= 15 is 0 Å². The van der Waals surface area contributed by atoms with E-state index in [2.05, 4.69) is 13.8 Å². The van der Waals surface area contributed by atoms with Crippen molar-refractivity contribution in [2.45, 2.75) is 38.7 Å². The highest BCUT2D eigenvalue weighted by Crippen LogP contribution is 2.74. The SMILES string of the molecule is C[C@]12CC[C@H]3C[C@]1(C(=O)O)OC[C@@]32C. The summed E-state index contributed by atoms with van der Waals surface area (Å²) in [5, 5.41) is 9.37. The minimum atomic E-state index is -0.856. The maximum atomic E-state index is 11.4. The van der Waals surface area contributed by atoms with Gasteiger partial charge in [-0.1, -0.05) is 13.8 Å². The first kappa shape index (κ1) is 8.72. The normalized spacial score (nSPS) is 59.4. The minimum absolute atomic E-state index is 0.116. The van der Waals surface area contributed by atoms with E-state index in [0.29, 0.717) is 12.5 Å². The number of rotatable bonds is 1. The van der Waals surface area contributed by atoms with Gasteiger partial charge in [-0.05, 0) is 25.2 Å². The molecule has 3 heteroatoms. The standard InChI is InChI=1S/C11H16O3/c1-9-6-14-11(8(12)13)5-7(9)3-4-10(9,11)2/h7H,3-6H2,1-2H3,(H,12,13)/t7-,9-,10+,11+/m0/s1. The Morgan fingerprint density at radius 3 is 2.64 bits per heavy atom. The van der Waals surface area contributed by atoms with Gasteiger partial charge in [0.15, 0.2) is 5.60 Å². The second-order valence-corrected chi connectivity index (χ2v) is 5.61. The molecule has 0 aromatic heterocycles. The van der Waals surface area contributed by atoms with Gasteiger partial charge < -0.3 is 9.84 Å². The zero-order chi connectivity index (χ0) is 10.2. The highest BCUT2D eigenvalue weighted by molar-refractivity contribution is 5.81. The molecule has 3 nitrogen and oxygen atoms in total. The maximum absolute atomic E-state index is 11.4. The fourth-order valence-electron chi connectivity index (χ4n) is 4.23. The van der Waals surface area contributed by atoms with Crippen LogP contribution in [0.25, 0.3) is 0 Å². The molecule has 0 aromatic rings. The molecule has 0 amide bonds. The molecule has 0 unspecified atom stereocenters. The van der Waals surface area contributed by atoms with Crippen molar-refractivity contribution in [1.82, 2.24) is 0 Å². The lowest BCUT2D eigenvalue weighted by Gasteiger charge is -2.37. The lowest BCUT2D eigenvalue weighted by atomic mass is 9.66. The molecule has 2 aliphatic carbocycles. The lowest BCUT2D eigenvalue weighted by Crippen LogP contribution is -2.49. The van der Waals surface area contributed by atoms with E-state index in [9.17, 15) is 9.90 Å². The zero-order valence-electron chi connectivity index (χ0n) is 8.67. The van der Waals surface area contributed by atoms with Crippen LogP contribution in [0.15, 0.2) is 0 Å². The molecule has 3 fully saturated rings. The first-order valence-electron chi connectivity index (χ1n) is 5.34. The fourth-order valence-corrected chi connectivity index (χ4v) is 4.23. The van der Waals surface area contributed by atoms with Crippen LogP contribution in [0.4, 0.5) is 0 Å². The van der Waals surface area contributed by atoms with Crippen molar-refractivity contribution >= 4 is 5.97 Å². The van der Waals surface area contributed by atoms with Crippen LogP contribution in [0.2, 0.25) is 0 Å². The molecule has 2 saturated carbocycles. The molecule has 4 atom stereocenters. The van der Waals surface area contributed by atoms with Gasteiger partial charge in [0.2, 0.25) is 0 Å². The van der Waals surface area contributed by atoms with Gasteiger partial charge in [0.05, 0.1) is 6.61 Å². The Kier molecular flexibility index (Phi) is 1.25. The third-order valence-electron chi connectivity index (χ3n) is 5.54. The summed E-state index contributed by atoms with van der Waals surface area (Å²) >= 11 is 0. The van der Waals surface area contributed by atoms with E-state index in [1.807, 2.05) is 0 Å². The van der Waals surface area contributed by atoms with Crippen LogP contribution in [0.3, 0.4) is 0 Å². The van der Waals surface area contributed by atoms with Gasteiger partial charge in [-0.3, -0.25) is 0 Å². The van der Waals surface area contributed by atoms with Gasteiger partial charge in [-0.15, -0.1) is 0 Å². The largest absolute Gasteiger partial charge is 0.479 e. The molecule has 14 heavy (non-hydrogen) atoms. The zero-order valence-corrected chi connectivity index (χ0v) is 8.67. The Morgan fingerprint density at radius 2 is 2.21 bits per heavy atom. The van der Waals surface area contributed by atoms with Crippen LogP contribution in [0.5, 0.6) is 0 Å². The van der Waals surface area contributed by atoms with Gasteiger partial charge in [0.1, 0.15) is 0 Å². The molecular weight excluding hydrogens is 180 g/mol. The molecule has 3 aliphatic rings. The average Bonchev–Trinajstić information content (AvgIpc) is 2.58. The Hall–Kier alpha value is -0.570. The van der Waals surface area contributed by atoms with E-state index < -0.39 is 11.6 Å². The van der Waals surface area contributed by atoms with Crippen molar-refractivity contribution in [3.63, 3.8) is 0 Å². The number of hydrogen-bond donors (Lipinski definition) is 1. The molecule has 1 aliphatic heterocycles. The average molecular weight is 196 g/mol. The molecule has 3 rings (SSSR count). The van der Waals surface area contributed by atoms with Gasteiger partial charge >= 0.3 is 5.97 Å². The first-order valence-corrected chi connectivity index (χ1v) is 5.34. The van der Waals surface area contributed by atoms with Crippen molar-refractivity contribution < 1.29 is 14.6 Å². The second kappa shape index (κ2) is 2.01. The second-order valence-electron chi connectivity index (χ2n) is 5.61. The smallest absolute Gasteiger partial charge is 0.336 e. The number of hydrogen-bond acceptors (Lipinski definition) is 2. The number of carboxylic acids is 1. The predicted octanol–water partition coefficient (Wildman–Crippen LogP) is 1.67. The number of aliphatic carboxylic acids is 1. The number of carbonyl (C=O) groups is 1. The topological polar surface area (TPSA) is 46.5 Å². The van der Waals surface area contributed by atoms with E-state index in [1.165, 1.54) is 6.42 Å². The van der Waals surface area contributed by atoms with Crippen LogP contribution in [0, 0.1) is 16.7 Å². The molecule has 78 valence electrons. The molecule has 4 bridgehead atoms. The summed E-state index contributed by atoms with van der Waals surface area (Å²) in [5.74, 6) is -0.178. The summed E-state index contributed by atoms with van der Waals surface area (Å²) < 4.78 is 5.64. The first-order chi connectivity index (χ1) is 6.46. The Labute approximate surface area is 83.4 Å². The monoisotopic (exact) mass is 196 g/mol. The third-order valence-corrected chi connectivity index (χ3v) is 5.54. The summed E-state index contributed by atoms with van der Waals surface area (Å²) in [6, 6.07) is 0. The highest BCUT2D eigenvalue weighted by Gasteiger charge is 2.78. The van der Waals surface area contributed by atoms with Crippen LogP contribution >= 0.6 is 0 Å². The molecular formula is C11H16O3. The minimum Gasteiger partial charge on any atom is -0.479 e. The van der Waals surface area contributed by atoms with Crippen LogP contribution < -0.4 is 0 Å². The van der Waals surface area contributed by atoms with Crippen molar-refractivity contribution in [2.24, 2.45) is 16.7 Å². The van der Waals surface area contributed by atoms with E-state index in [0.717, 1.165) is 12.8 Å². The van der Waals surface area contributed by atoms with Crippen LogP contribution in [0.1, 0.15) is 33.1 Å². The van der Waals surface area contributed by atoms with Crippen molar-refractivity contribution in [1.29, 1.82) is 0 Å². The van der Waals surface area contributed by atoms with Gasteiger partial charge in [0, 0.05) is 10.8 Å². The number of ether oxygens (including phenoxy) is 1. The maximum Gasteiger partial charge on any atom is 0.336 e. The summed E-state index contributed by atoms with van der Waals surface area (Å²) in [5.41, 5.74) is -0.868. The summed E-state index contributed by atoms with van der Waals surface area (Å²) in [4.78, 5) is 11.4. The van der Waals surface area contributed by atoms with Gasteiger partial charge in [0.25, 0.3) is 0 Å². The quantitative estimate of drug-likeness (QED) is 0.693. The lowest BCUT2D eigenvalue weighted by molar-refractivity contribution is -0.174. The van der Waals surface area contributed by atoms with Crippen molar-refractivity contribution in [2.75, 3.05) is 6.61 Å². The van der Waals surface area contributed by atoms with E-state index in [4.69, 9.17) is 4.74 Å². The molecule has 1 saturated heterocycles. The Balaban J connectivity index is 2.18. The Bertz CT molecular complexity index is 326. The number of carboxylic acid groups (broad SMARTS) is 1. The van der Waals surface area contributed by atoms with Crippen LogP contribution in [-0.2, 0) is 9.53 Å². The van der Waals surface area contributed by atoms with Crippen LogP contribution in [-0.4, -0.2) is 23.3 Å². The van der Waals surface area contributed by atoms with Crippen molar-refractivity contribution in [3.05, 3.63) is 0 Å². The van der Waals surface area contributed by atoms with E-state index in [1.54, 1.807) is 0 Å². The predicted molar refractivity (Wildman–Crippen MR) is 49.9 cm³/mol. The Morgan fingerprint density at radius 1 is 1.50 bits per heavy atom. The summed E-state index contributed by atoms with van der Waals surface area (Å²) in [6.07, 6.45) is 2.93. The van der Waals surface area contributed by atoms with E-state index in [-0.39, 0.29) is 10.8 Å². The van der Waals surface area contributed by atoms with Gasteiger partial charge in [-0.25, -0.2) is 4.79 Å². The molecule has 1 heterocycles. The fraction of sp³-hybridized carbons (Fsp3) is 0.909.